The van der Waals surface area contributed by atoms with Crippen molar-refractivity contribution in [1.82, 2.24) is 0 Å². The number of hydrogen-bond donors (Lipinski definition) is 1. The highest BCUT2D eigenvalue weighted by atomic mass is 35.5. The molecular weight excluding hydrogens is 204 g/mol. The quantitative estimate of drug-likeness (QED) is 0.607. The summed E-state index contributed by atoms with van der Waals surface area (Å²) >= 11 is 5.46. The van der Waals surface area contributed by atoms with Crippen molar-refractivity contribution in [3.05, 3.63) is 24.3 Å². The molecule has 0 aliphatic rings. The van der Waals surface area contributed by atoms with Crippen LogP contribution in [-0.4, -0.2) is 23.9 Å². The Hall–Kier alpha value is -0.930. The van der Waals surface area contributed by atoms with Crippen LogP contribution in [0.1, 0.15) is 6.92 Å². The summed E-state index contributed by atoms with van der Waals surface area (Å²) in [5.41, 5.74) is 0. The molecule has 0 saturated carbocycles. The van der Waals surface area contributed by atoms with E-state index < -0.39 is 0 Å². The Labute approximate surface area is 88.2 Å². The molecule has 0 aliphatic heterocycles. The second-order valence-corrected chi connectivity index (χ2v) is 3.12. The van der Waals surface area contributed by atoms with Gasteiger partial charge in [-0.05, 0) is 31.2 Å². The first-order chi connectivity index (χ1) is 6.72. The smallest absolute Gasteiger partial charge is 0.197 e. The first kappa shape index (κ1) is 11.1. The Kier molecular flexibility index (Phi) is 4.56. The maximum absolute atomic E-state index is 9.03. The second kappa shape index (κ2) is 5.73. The first-order valence-corrected chi connectivity index (χ1v) is 4.89. The number of aromatic hydroxyl groups is 1. The van der Waals surface area contributed by atoms with E-state index in [0.29, 0.717) is 18.2 Å². The zero-order valence-electron chi connectivity index (χ0n) is 7.94. The summed E-state index contributed by atoms with van der Waals surface area (Å²) in [4.78, 5) is 0. The van der Waals surface area contributed by atoms with Crippen molar-refractivity contribution in [3.8, 4) is 11.5 Å². The summed E-state index contributed by atoms with van der Waals surface area (Å²) in [6.45, 7) is 2.25. The Morgan fingerprint density at radius 1 is 1.36 bits per heavy atom. The average molecular weight is 217 g/mol. The molecule has 0 saturated heterocycles. The number of rotatable bonds is 5. The number of phenols is 1. The van der Waals surface area contributed by atoms with Crippen LogP contribution in [0, 0.1) is 0 Å². The molecule has 0 aromatic heterocycles. The normalized spacial score (nSPS) is 12.4. The highest BCUT2D eigenvalue weighted by Crippen LogP contribution is 2.17. The van der Waals surface area contributed by atoms with E-state index >= 15 is 0 Å². The minimum absolute atomic E-state index is 0.215. The van der Waals surface area contributed by atoms with Gasteiger partial charge in [0.05, 0.1) is 6.61 Å². The Bertz CT molecular complexity index is 261. The maximum atomic E-state index is 9.03. The van der Waals surface area contributed by atoms with E-state index in [0.717, 1.165) is 0 Å². The lowest BCUT2D eigenvalue weighted by Crippen LogP contribution is -2.17. The first-order valence-electron chi connectivity index (χ1n) is 4.35. The molecule has 1 aromatic carbocycles. The number of ether oxygens (including phenoxy) is 2. The van der Waals surface area contributed by atoms with E-state index in [4.69, 9.17) is 26.2 Å². The molecule has 0 spiro atoms. The van der Waals surface area contributed by atoms with Crippen molar-refractivity contribution in [3.63, 3.8) is 0 Å². The van der Waals surface area contributed by atoms with Gasteiger partial charge in [0.25, 0.3) is 0 Å². The van der Waals surface area contributed by atoms with Crippen LogP contribution in [-0.2, 0) is 4.74 Å². The van der Waals surface area contributed by atoms with Crippen molar-refractivity contribution in [2.24, 2.45) is 0 Å². The summed E-state index contributed by atoms with van der Waals surface area (Å²) in [5.74, 6) is 1.32. The topological polar surface area (TPSA) is 38.7 Å². The Morgan fingerprint density at radius 3 is 2.57 bits per heavy atom. The molecule has 0 radical (unpaired) electrons. The third-order valence-corrected chi connectivity index (χ3v) is 1.72. The van der Waals surface area contributed by atoms with Crippen molar-refractivity contribution in [2.45, 2.75) is 13.2 Å². The number of phenolic OH excluding ortho intramolecular Hbond substituents is 1. The molecule has 1 rings (SSSR count). The predicted octanol–water partition coefficient (Wildman–Crippen LogP) is 2.37. The van der Waals surface area contributed by atoms with E-state index in [9.17, 15) is 0 Å². The van der Waals surface area contributed by atoms with Crippen LogP contribution in [0.5, 0.6) is 11.5 Å². The van der Waals surface area contributed by atoms with Crippen LogP contribution in [0.3, 0.4) is 0 Å². The van der Waals surface area contributed by atoms with Crippen LogP contribution in [0.4, 0.5) is 0 Å². The summed E-state index contributed by atoms with van der Waals surface area (Å²) in [6, 6.07) is 6.47. The van der Waals surface area contributed by atoms with Gasteiger partial charge in [-0.2, -0.15) is 0 Å². The third-order valence-electron chi connectivity index (χ3n) is 1.57. The molecule has 1 unspecified atom stereocenters. The lowest BCUT2D eigenvalue weighted by atomic mass is 10.3. The van der Waals surface area contributed by atoms with Gasteiger partial charge in [-0.15, -0.1) is 11.6 Å². The Morgan fingerprint density at radius 2 is 2.00 bits per heavy atom. The second-order valence-electron chi connectivity index (χ2n) is 2.74. The fraction of sp³-hybridized carbons (Fsp3) is 0.400. The zero-order valence-corrected chi connectivity index (χ0v) is 8.70. The molecule has 0 bridgehead atoms. The molecule has 3 nitrogen and oxygen atoms in total. The number of hydrogen-bond acceptors (Lipinski definition) is 3. The Balaban J connectivity index is 2.39. The highest BCUT2D eigenvalue weighted by Gasteiger charge is 2.02. The number of alkyl halides is 1. The third kappa shape index (κ3) is 3.85. The van der Waals surface area contributed by atoms with Crippen LogP contribution in [0.2, 0.25) is 0 Å². The van der Waals surface area contributed by atoms with Gasteiger partial charge in [0.15, 0.2) is 6.29 Å². The zero-order chi connectivity index (χ0) is 10.4. The van der Waals surface area contributed by atoms with E-state index in [-0.39, 0.29) is 12.0 Å². The van der Waals surface area contributed by atoms with Crippen LogP contribution in [0.25, 0.3) is 0 Å². The van der Waals surface area contributed by atoms with Gasteiger partial charge in [0.2, 0.25) is 0 Å². The van der Waals surface area contributed by atoms with Crippen LogP contribution in [0.15, 0.2) is 24.3 Å². The van der Waals surface area contributed by atoms with Crippen LogP contribution < -0.4 is 4.74 Å². The molecule has 0 fully saturated rings. The molecule has 1 atom stereocenters. The number of benzene rings is 1. The summed E-state index contributed by atoms with van der Waals surface area (Å²) in [7, 11) is 0. The van der Waals surface area contributed by atoms with Crippen LogP contribution >= 0.6 is 11.6 Å². The van der Waals surface area contributed by atoms with Crippen molar-refractivity contribution >= 4 is 11.6 Å². The molecule has 78 valence electrons. The fourth-order valence-electron chi connectivity index (χ4n) is 0.961. The molecule has 0 heterocycles. The summed E-state index contributed by atoms with van der Waals surface area (Å²) in [5, 5.41) is 9.03. The molecule has 0 aliphatic carbocycles. The van der Waals surface area contributed by atoms with Crippen molar-refractivity contribution in [2.75, 3.05) is 12.5 Å². The highest BCUT2D eigenvalue weighted by molar-refractivity contribution is 6.17. The van der Waals surface area contributed by atoms with E-state index in [1.165, 1.54) is 0 Å². The van der Waals surface area contributed by atoms with Gasteiger partial charge in [-0.25, -0.2) is 0 Å². The van der Waals surface area contributed by atoms with Gasteiger partial charge < -0.3 is 14.6 Å². The SMILES string of the molecule is CC(OCCCl)Oc1ccc(O)cc1. The largest absolute Gasteiger partial charge is 0.508 e. The van der Waals surface area contributed by atoms with Crippen molar-refractivity contribution in [1.29, 1.82) is 0 Å². The lowest BCUT2D eigenvalue weighted by molar-refractivity contribution is -0.0605. The molecule has 14 heavy (non-hydrogen) atoms. The summed E-state index contributed by atoms with van der Waals surface area (Å²) in [6.07, 6.45) is -0.335. The van der Waals surface area contributed by atoms with Gasteiger partial charge in [-0.3, -0.25) is 0 Å². The van der Waals surface area contributed by atoms with Gasteiger partial charge in [-0.1, -0.05) is 0 Å². The minimum Gasteiger partial charge on any atom is -0.508 e. The fourth-order valence-corrected chi connectivity index (χ4v) is 1.05. The molecule has 0 amide bonds. The maximum Gasteiger partial charge on any atom is 0.197 e. The van der Waals surface area contributed by atoms with Gasteiger partial charge >= 0.3 is 0 Å². The lowest BCUT2D eigenvalue weighted by Gasteiger charge is -2.14. The standard InChI is InChI=1S/C10H13ClO3/c1-8(13-7-6-11)14-10-4-2-9(12)3-5-10/h2-5,8,12H,6-7H2,1H3. The monoisotopic (exact) mass is 216 g/mol. The summed E-state index contributed by atoms with van der Waals surface area (Å²) < 4.78 is 10.6. The minimum atomic E-state index is -0.335. The van der Waals surface area contributed by atoms with E-state index in [1.807, 2.05) is 0 Å². The predicted molar refractivity (Wildman–Crippen MR) is 54.9 cm³/mol. The molecule has 1 N–H and O–H groups in total. The van der Waals surface area contributed by atoms with Crippen molar-refractivity contribution < 1.29 is 14.6 Å². The van der Waals surface area contributed by atoms with E-state index in [1.54, 1.807) is 31.2 Å². The number of halogens is 1. The molecule has 1 aromatic rings. The van der Waals surface area contributed by atoms with E-state index in [2.05, 4.69) is 0 Å². The molecular formula is C10H13ClO3. The average Bonchev–Trinajstić information content (AvgIpc) is 2.18. The van der Waals surface area contributed by atoms with Gasteiger partial charge in [0.1, 0.15) is 11.5 Å². The molecule has 4 heteroatoms. The van der Waals surface area contributed by atoms with Gasteiger partial charge in [0, 0.05) is 5.88 Å².